The van der Waals surface area contributed by atoms with Gasteiger partial charge in [0.15, 0.2) is 0 Å². The van der Waals surface area contributed by atoms with Gasteiger partial charge in [-0.15, -0.1) is 0 Å². The fourth-order valence-corrected chi connectivity index (χ4v) is 4.58. The van der Waals surface area contributed by atoms with Crippen molar-refractivity contribution in [2.75, 3.05) is 19.6 Å². The van der Waals surface area contributed by atoms with E-state index >= 15 is 0 Å². The van der Waals surface area contributed by atoms with Crippen molar-refractivity contribution in [3.05, 3.63) is 95.1 Å². The summed E-state index contributed by atoms with van der Waals surface area (Å²) < 4.78 is 0. The van der Waals surface area contributed by atoms with E-state index in [1.165, 1.54) is 54.7 Å². The molecule has 40 heavy (non-hydrogen) atoms. The third-order valence-electron chi connectivity index (χ3n) is 6.36. The normalized spacial score (nSPS) is 15.5. The number of carboxylic acids is 4. The third kappa shape index (κ3) is 13.0. The Bertz CT molecular complexity index is 1120. The molecule has 0 atom stereocenters. The second kappa shape index (κ2) is 16.6. The van der Waals surface area contributed by atoms with Gasteiger partial charge in [0.25, 0.3) is 0 Å². The second-order valence-electron chi connectivity index (χ2n) is 9.67. The highest BCUT2D eigenvalue weighted by Gasteiger charge is 2.24. The Labute approximate surface area is 233 Å². The van der Waals surface area contributed by atoms with Gasteiger partial charge in [-0.3, -0.25) is 9.80 Å². The van der Waals surface area contributed by atoms with Gasteiger partial charge in [-0.05, 0) is 55.5 Å². The Morgan fingerprint density at radius 2 is 1.20 bits per heavy atom. The summed E-state index contributed by atoms with van der Waals surface area (Å²) in [4.78, 5) is 43.5. The molecule has 2 aliphatic rings. The van der Waals surface area contributed by atoms with Gasteiger partial charge in [0.1, 0.15) is 0 Å². The first-order valence-corrected chi connectivity index (χ1v) is 12.9. The van der Waals surface area contributed by atoms with Crippen molar-refractivity contribution in [3.8, 4) is 0 Å². The summed E-state index contributed by atoms with van der Waals surface area (Å²) in [6, 6.07) is 17.9. The van der Waals surface area contributed by atoms with Crippen LogP contribution in [0.3, 0.4) is 0 Å². The summed E-state index contributed by atoms with van der Waals surface area (Å²) >= 11 is 0. The van der Waals surface area contributed by atoms with Crippen LogP contribution in [0.2, 0.25) is 0 Å². The minimum absolute atomic E-state index is 0.558. The van der Waals surface area contributed by atoms with E-state index in [0.717, 1.165) is 25.6 Å². The Balaban J connectivity index is 0.000000290. The lowest BCUT2D eigenvalue weighted by atomic mass is 9.96. The number of hydrogen-bond acceptors (Lipinski definition) is 6. The van der Waals surface area contributed by atoms with Crippen LogP contribution in [0, 0.1) is 12.8 Å². The Morgan fingerprint density at radius 1 is 0.725 bits per heavy atom. The topological polar surface area (TPSA) is 156 Å². The van der Waals surface area contributed by atoms with E-state index in [1.807, 2.05) is 0 Å². The molecule has 2 heterocycles. The maximum absolute atomic E-state index is 9.55. The lowest BCUT2D eigenvalue weighted by molar-refractivity contribution is -0.134. The van der Waals surface area contributed by atoms with Crippen molar-refractivity contribution in [1.82, 2.24) is 9.80 Å². The Morgan fingerprint density at radius 3 is 1.62 bits per heavy atom. The van der Waals surface area contributed by atoms with E-state index in [0.29, 0.717) is 24.3 Å². The molecule has 2 aliphatic heterocycles. The number of benzene rings is 2. The van der Waals surface area contributed by atoms with Crippen molar-refractivity contribution in [1.29, 1.82) is 0 Å². The minimum atomic E-state index is -1.26. The fourth-order valence-electron chi connectivity index (χ4n) is 4.58. The molecule has 0 spiro atoms. The zero-order valence-electron chi connectivity index (χ0n) is 22.5. The summed E-state index contributed by atoms with van der Waals surface area (Å²) in [7, 11) is 0. The lowest BCUT2D eigenvalue weighted by Gasteiger charge is -2.34. The van der Waals surface area contributed by atoms with Crippen LogP contribution in [0.5, 0.6) is 0 Å². The highest BCUT2D eigenvalue weighted by molar-refractivity contribution is 5.90. The van der Waals surface area contributed by atoms with Gasteiger partial charge in [-0.1, -0.05) is 54.1 Å². The number of piperidine rings is 1. The van der Waals surface area contributed by atoms with E-state index in [1.54, 1.807) is 0 Å². The first-order chi connectivity index (χ1) is 19.0. The molecule has 214 valence electrons. The number of aliphatic carboxylic acids is 4. The molecule has 0 saturated carbocycles. The molecule has 4 rings (SSSR count). The van der Waals surface area contributed by atoms with Gasteiger partial charge < -0.3 is 20.4 Å². The smallest absolute Gasteiger partial charge is 0.328 e. The number of carboxylic acid groups (broad SMARTS) is 4. The average Bonchev–Trinajstić information content (AvgIpc) is 3.31. The van der Waals surface area contributed by atoms with Crippen molar-refractivity contribution < 1.29 is 39.6 Å². The summed E-state index contributed by atoms with van der Waals surface area (Å²) in [6.45, 7) is 9.37. The molecule has 0 bridgehead atoms. The van der Waals surface area contributed by atoms with Crippen LogP contribution in [0.25, 0.3) is 0 Å². The molecule has 0 radical (unpaired) electrons. The number of fused-ring (bicyclic) bond motifs is 1. The van der Waals surface area contributed by atoms with Crippen LogP contribution in [-0.2, 0) is 38.8 Å². The summed E-state index contributed by atoms with van der Waals surface area (Å²) in [5.41, 5.74) is 5.91. The predicted molar refractivity (Wildman–Crippen MR) is 149 cm³/mol. The number of nitrogens with zero attached hydrogens (tertiary/aromatic N) is 2. The molecule has 2 aromatic rings. The van der Waals surface area contributed by atoms with Crippen LogP contribution >= 0.6 is 0 Å². The number of carbonyl (C=O) groups is 4. The van der Waals surface area contributed by atoms with Gasteiger partial charge in [-0.25, -0.2) is 19.2 Å². The van der Waals surface area contributed by atoms with Gasteiger partial charge >= 0.3 is 23.9 Å². The first-order valence-electron chi connectivity index (χ1n) is 12.9. The maximum atomic E-state index is 9.55. The first kappa shape index (κ1) is 31.9. The molecular weight excluding hydrogens is 516 g/mol. The number of hydrogen-bond donors (Lipinski definition) is 4. The van der Waals surface area contributed by atoms with Crippen LogP contribution in [-0.4, -0.2) is 73.7 Å². The molecular formula is C30H36N2O8. The molecule has 10 nitrogen and oxygen atoms in total. The van der Waals surface area contributed by atoms with Crippen molar-refractivity contribution in [2.24, 2.45) is 5.92 Å². The number of aryl methyl sites for hydroxylation is 1. The summed E-state index contributed by atoms with van der Waals surface area (Å²) in [6.07, 6.45) is 4.92. The highest BCUT2D eigenvalue weighted by atomic mass is 16.4. The minimum Gasteiger partial charge on any atom is -0.478 e. The van der Waals surface area contributed by atoms with Crippen LogP contribution in [0.15, 0.2) is 72.8 Å². The Kier molecular flexibility index (Phi) is 13.3. The maximum Gasteiger partial charge on any atom is 0.328 e. The van der Waals surface area contributed by atoms with Gasteiger partial charge in [0.2, 0.25) is 0 Å². The van der Waals surface area contributed by atoms with Crippen molar-refractivity contribution >= 4 is 23.9 Å². The second-order valence-corrected chi connectivity index (χ2v) is 9.67. The summed E-state index contributed by atoms with van der Waals surface area (Å²) in [5.74, 6) is -4.16. The van der Waals surface area contributed by atoms with Gasteiger partial charge in [0.05, 0.1) is 0 Å². The largest absolute Gasteiger partial charge is 0.478 e. The molecule has 0 aromatic heterocycles. The molecule has 0 amide bonds. The van der Waals surface area contributed by atoms with Gasteiger partial charge in [0, 0.05) is 50.5 Å². The molecule has 0 aliphatic carbocycles. The molecule has 1 fully saturated rings. The van der Waals surface area contributed by atoms with Crippen LogP contribution < -0.4 is 0 Å². The quantitative estimate of drug-likeness (QED) is 0.357. The van der Waals surface area contributed by atoms with E-state index in [2.05, 4.69) is 65.3 Å². The average molecular weight is 553 g/mol. The molecule has 0 unspecified atom stereocenters. The zero-order chi connectivity index (χ0) is 29.5. The third-order valence-corrected chi connectivity index (χ3v) is 6.36. The van der Waals surface area contributed by atoms with E-state index in [9.17, 15) is 19.2 Å². The zero-order valence-corrected chi connectivity index (χ0v) is 22.5. The summed E-state index contributed by atoms with van der Waals surface area (Å²) in [5, 5.41) is 31.2. The SMILES string of the molecule is Cc1cccc(CN2CCC(CN3Cc4ccccc4C3)CC2)c1.O=C(O)C=CC(=O)O.O=C(O)C=CC(=O)O. The molecule has 4 N–H and O–H groups in total. The number of likely N-dealkylation sites (tertiary alicyclic amines) is 1. The molecule has 1 saturated heterocycles. The fraction of sp³-hybridized carbons (Fsp3) is 0.333. The van der Waals surface area contributed by atoms with E-state index in [-0.39, 0.29) is 0 Å². The van der Waals surface area contributed by atoms with E-state index in [4.69, 9.17) is 20.4 Å². The van der Waals surface area contributed by atoms with Crippen molar-refractivity contribution in [2.45, 2.75) is 39.4 Å². The number of rotatable bonds is 8. The van der Waals surface area contributed by atoms with Crippen molar-refractivity contribution in [3.63, 3.8) is 0 Å². The van der Waals surface area contributed by atoms with E-state index < -0.39 is 23.9 Å². The highest BCUT2D eigenvalue weighted by Crippen LogP contribution is 2.26. The Hall–Kier alpha value is -4.28. The van der Waals surface area contributed by atoms with Crippen LogP contribution in [0.4, 0.5) is 0 Å². The molecule has 10 heteroatoms. The predicted octanol–water partition coefficient (Wildman–Crippen LogP) is 3.65. The molecule has 2 aromatic carbocycles. The standard InChI is InChI=1S/C22H28N2.2C4H4O4/c1-18-5-4-6-20(13-18)15-23-11-9-19(10-12-23)14-24-16-21-7-2-3-8-22(21)17-24;2*5-3(6)1-2-4(7)8/h2-8,13,19H,9-12,14-17H2,1H3;2*1-2H,(H,5,6)(H,7,8). The monoisotopic (exact) mass is 552 g/mol. The van der Waals surface area contributed by atoms with Gasteiger partial charge in [-0.2, -0.15) is 0 Å². The van der Waals surface area contributed by atoms with Crippen LogP contribution in [0.1, 0.15) is 35.1 Å². The lowest BCUT2D eigenvalue weighted by Crippen LogP contribution is -2.37.